The first kappa shape index (κ1) is 18.6. The first-order chi connectivity index (χ1) is 12.8. The molecule has 2 amide bonds. The van der Waals surface area contributed by atoms with E-state index in [0.29, 0.717) is 17.0 Å². The molecule has 0 atom stereocenters. The van der Waals surface area contributed by atoms with Crippen molar-refractivity contribution in [2.45, 2.75) is 13.8 Å². The van der Waals surface area contributed by atoms with Gasteiger partial charge in [0.15, 0.2) is 16.6 Å². The number of phenols is 1. The van der Waals surface area contributed by atoms with Crippen LogP contribution in [0.2, 0.25) is 0 Å². The molecule has 2 N–H and O–H groups in total. The maximum atomic E-state index is 13.0. The lowest BCUT2D eigenvalue weighted by Crippen LogP contribution is -2.54. The molecule has 1 fully saturated rings. The molecule has 7 heteroatoms. The Morgan fingerprint density at radius 3 is 2.56 bits per heavy atom. The van der Waals surface area contributed by atoms with Crippen molar-refractivity contribution in [1.82, 2.24) is 5.32 Å². The second-order valence-corrected chi connectivity index (χ2v) is 6.57. The van der Waals surface area contributed by atoms with Gasteiger partial charge in [-0.1, -0.05) is 18.2 Å². The van der Waals surface area contributed by atoms with Crippen LogP contribution >= 0.6 is 12.2 Å². The average Bonchev–Trinajstić information content (AvgIpc) is 2.61. The van der Waals surface area contributed by atoms with Crippen LogP contribution in [0.5, 0.6) is 11.5 Å². The second kappa shape index (κ2) is 7.20. The molecule has 2 aromatic rings. The van der Waals surface area contributed by atoms with E-state index in [-0.39, 0.29) is 16.4 Å². The summed E-state index contributed by atoms with van der Waals surface area (Å²) in [5.41, 5.74) is 2.85. The summed E-state index contributed by atoms with van der Waals surface area (Å²) in [5.74, 6) is -0.887. The van der Waals surface area contributed by atoms with Crippen LogP contribution in [0, 0.1) is 13.8 Å². The molecule has 2 aromatic carbocycles. The standard InChI is InChI=1S/C20H18N2O4S/c1-11-4-5-12(2)15(8-11)22-19(25)14(18(24)21-20(22)27)9-13-6-7-17(26-3)16(23)10-13/h4-10,23H,1-3H3,(H,21,24,27)/b14-9+. The van der Waals surface area contributed by atoms with Gasteiger partial charge in [0.1, 0.15) is 5.57 Å². The summed E-state index contributed by atoms with van der Waals surface area (Å²) in [4.78, 5) is 26.7. The molecule has 3 rings (SSSR count). The molecule has 0 spiro atoms. The quantitative estimate of drug-likeness (QED) is 0.485. The summed E-state index contributed by atoms with van der Waals surface area (Å²) in [6.07, 6.45) is 1.41. The van der Waals surface area contributed by atoms with Crippen molar-refractivity contribution in [3.05, 3.63) is 58.7 Å². The van der Waals surface area contributed by atoms with E-state index in [1.807, 2.05) is 32.0 Å². The second-order valence-electron chi connectivity index (χ2n) is 6.18. The maximum Gasteiger partial charge on any atom is 0.270 e. The zero-order valence-electron chi connectivity index (χ0n) is 15.1. The third kappa shape index (κ3) is 3.54. The lowest BCUT2D eigenvalue weighted by atomic mass is 10.0. The van der Waals surface area contributed by atoms with Crippen LogP contribution in [0.15, 0.2) is 42.0 Å². The third-order valence-electron chi connectivity index (χ3n) is 4.22. The number of nitrogens with zero attached hydrogens (tertiary/aromatic N) is 1. The monoisotopic (exact) mass is 382 g/mol. The van der Waals surface area contributed by atoms with Gasteiger partial charge in [-0.2, -0.15) is 0 Å². The molecular weight excluding hydrogens is 364 g/mol. The number of amides is 2. The van der Waals surface area contributed by atoms with Gasteiger partial charge in [0, 0.05) is 0 Å². The molecule has 0 unspecified atom stereocenters. The number of phenolic OH excluding ortho intramolecular Hbond substituents is 1. The molecule has 1 saturated heterocycles. The minimum atomic E-state index is -0.582. The Hall–Kier alpha value is -3.19. The molecule has 1 heterocycles. The molecule has 0 saturated carbocycles. The highest BCUT2D eigenvalue weighted by atomic mass is 32.1. The van der Waals surface area contributed by atoms with Gasteiger partial charge in [-0.25, -0.2) is 0 Å². The third-order valence-corrected chi connectivity index (χ3v) is 4.51. The van der Waals surface area contributed by atoms with E-state index in [0.717, 1.165) is 11.1 Å². The summed E-state index contributed by atoms with van der Waals surface area (Å²) in [5, 5.41) is 12.5. The fraction of sp³-hybridized carbons (Fsp3) is 0.150. The highest BCUT2D eigenvalue weighted by Gasteiger charge is 2.35. The van der Waals surface area contributed by atoms with Gasteiger partial charge >= 0.3 is 0 Å². The number of carbonyl (C=O) groups excluding carboxylic acids is 2. The van der Waals surface area contributed by atoms with Crippen molar-refractivity contribution in [3.63, 3.8) is 0 Å². The fourth-order valence-corrected chi connectivity index (χ4v) is 3.07. The molecule has 0 bridgehead atoms. The predicted octanol–water partition coefficient (Wildman–Crippen LogP) is 2.85. The number of carbonyl (C=O) groups is 2. The van der Waals surface area contributed by atoms with E-state index in [2.05, 4.69) is 5.32 Å². The van der Waals surface area contributed by atoms with Gasteiger partial charge in [0.2, 0.25) is 0 Å². The number of nitrogens with one attached hydrogen (secondary N) is 1. The van der Waals surface area contributed by atoms with Crippen LogP contribution in [-0.4, -0.2) is 29.1 Å². The molecule has 138 valence electrons. The van der Waals surface area contributed by atoms with Crippen molar-refractivity contribution in [2.75, 3.05) is 12.0 Å². The highest BCUT2D eigenvalue weighted by Crippen LogP contribution is 2.29. The number of rotatable bonds is 3. The van der Waals surface area contributed by atoms with Crippen LogP contribution < -0.4 is 15.0 Å². The number of thiocarbonyl (C=S) groups is 1. The van der Waals surface area contributed by atoms with Gasteiger partial charge in [0.05, 0.1) is 12.8 Å². The minimum absolute atomic E-state index is 0.0356. The number of methoxy groups -OCH3 is 1. The maximum absolute atomic E-state index is 13.0. The van der Waals surface area contributed by atoms with Gasteiger partial charge < -0.3 is 9.84 Å². The van der Waals surface area contributed by atoms with Crippen molar-refractivity contribution < 1.29 is 19.4 Å². The predicted molar refractivity (Wildman–Crippen MR) is 107 cm³/mol. The van der Waals surface area contributed by atoms with Crippen molar-refractivity contribution in [2.24, 2.45) is 0 Å². The van der Waals surface area contributed by atoms with Gasteiger partial charge in [-0.15, -0.1) is 0 Å². The lowest BCUT2D eigenvalue weighted by molar-refractivity contribution is -0.122. The van der Waals surface area contributed by atoms with Crippen LogP contribution in [-0.2, 0) is 9.59 Å². The molecule has 0 radical (unpaired) electrons. The number of hydrogen-bond donors (Lipinski definition) is 2. The number of ether oxygens (including phenoxy) is 1. The molecule has 1 aliphatic rings. The number of hydrogen-bond acceptors (Lipinski definition) is 5. The molecule has 6 nitrogen and oxygen atoms in total. The molecule has 27 heavy (non-hydrogen) atoms. The van der Waals surface area contributed by atoms with E-state index in [9.17, 15) is 14.7 Å². The normalized spacial score (nSPS) is 15.9. The number of aryl methyl sites for hydroxylation is 2. The van der Waals surface area contributed by atoms with E-state index in [1.165, 1.54) is 24.2 Å². The van der Waals surface area contributed by atoms with Crippen molar-refractivity contribution >= 4 is 40.9 Å². The lowest BCUT2D eigenvalue weighted by Gasteiger charge is -2.30. The van der Waals surface area contributed by atoms with Crippen LogP contribution in [0.1, 0.15) is 16.7 Å². The summed E-state index contributed by atoms with van der Waals surface area (Å²) in [7, 11) is 1.44. The van der Waals surface area contributed by atoms with Crippen LogP contribution in [0.4, 0.5) is 5.69 Å². The number of anilines is 1. The zero-order chi connectivity index (χ0) is 19.7. The number of aromatic hydroxyl groups is 1. The average molecular weight is 382 g/mol. The Labute approximate surface area is 162 Å². The molecule has 0 aliphatic carbocycles. The van der Waals surface area contributed by atoms with Gasteiger partial charge in [-0.05, 0) is 67.0 Å². The topological polar surface area (TPSA) is 78.9 Å². The van der Waals surface area contributed by atoms with E-state index in [1.54, 1.807) is 12.1 Å². The van der Waals surface area contributed by atoms with E-state index < -0.39 is 11.8 Å². The Kier molecular flexibility index (Phi) is 4.96. The minimum Gasteiger partial charge on any atom is -0.504 e. The molecular formula is C20H18N2O4S. The SMILES string of the molecule is COc1ccc(/C=C2\C(=O)NC(=S)N(c3cc(C)ccc3C)C2=O)cc1O. The first-order valence-electron chi connectivity index (χ1n) is 8.17. The fourth-order valence-electron chi connectivity index (χ4n) is 2.80. The largest absolute Gasteiger partial charge is 0.504 e. The van der Waals surface area contributed by atoms with Crippen molar-refractivity contribution in [1.29, 1.82) is 0 Å². The van der Waals surface area contributed by atoms with E-state index >= 15 is 0 Å². The smallest absolute Gasteiger partial charge is 0.270 e. The van der Waals surface area contributed by atoms with E-state index in [4.69, 9.17) is 17.0 Å². The van der Waals surface area contributed by atoms with Crippen molar-refractivity contribution in [3.8, 4) is 11.5 Å². The first-order valence-corrected chi connectivity index (χ1v) is 8.58. The summed E-state index contributed by atoms with van der Waals surface area (Å²) in [6, 6.07) is 10.3. The number of benzene rings is 2. The zero-order valence-corrected chi connectivity index (χ0v) is 15.9. The Balaban J connectivity index is 2.05. The van der Waals surface area contributed by atoms with Crippen LogP contribution in [0.3, 0.4) is 0 Å². The highest BCUT2D eigenvalue weighted by molar-refractivity contribution is 7.80. The molecule has 1 aliphatic heterocycles. The Bertz CT molecular complexity index is 997. The summed E-state index contributed by atoms with van der Waals surface area (Å²) in [6.45, 7) is 3.78. The summed E-state index contributed by atoms with van der Waals surface area (Å²) >= 11 is 5.23. The Morgan fingerprint density at radius 1 is 1.15 bits per heavy atom. The molecule has 0 aromatic heterocycles. The summed E-state index contributed by atoms with van der Waals surface area (Å²) < 4.78 is 5.00. The Morgan fingerprint density at radius 2 is 1.89 bits per heavy atom. The van der Waals surface area contributed by atoms with Gasteiger partial charge in [0.25, 0.3) is 11.8 Å². The van der Waals surface area contributed by atoms with Crippen LogP contribution in [0.25, 0.3) is 6.08 Å². The van der Waals surface area contributed by atoms with Gasteiger partial charge in [-0.3, -0.25) is 19.8 Å².